The molecular formula is C19H26BBrClNO3. The van der Waals surface area contributed by atoms with Crippen LogP contribution in [0.1, 0.15) is 67.3 Å². The fourth-order valence-corrected chi connectivity index (χ4v) is 5.00. The first-order valence-corrected chi connectivity index (χ1v) is 10.9. The molecule has 4 nitrogen and oxygen atoms in total. The third-order valence-corrected chi connectivity index (χ3v) is 7.37. The monoisotopic (exact) mass is 441 g/mol. The SMILES string of the molecule is O=C(N[C@@H](CCCBr)B(O)O)c1ccc(C23CCC(Cl)(CC2)CC3)cc1. The number of carbonyl (C=O) groups excluding carboxylic acids is 1. The van der Waals surface area contributed by atoms with Crippen LogP contribution >= 0.6 is 27.5 Å². The maximum atomic E-state index is 12.4. The molecule has 0 aromatic heterocycles. The van der Waals surface area contributed by atoms with Gasteiger partial charge in [0, 0.05) is 15.8 Å². The highest BCUT2D eigenvalue weighted by Crippen LogP contribution is 2.56. The summed E-state index contributed by atoms with van der Waals surface area (Å²) in [7, 11) is -1.56. The van der Waals surface area contributed by atoms with Gasteiger partial charge < -0.3 is 15.4 Å². The van der Waals surface area contributed by atoms with E-state index in [0.717, 1.165) is 50.3 Å². The molecule has 3 saturated carbocycles. The highest BCUT2D eigenvalue weighted by atomic mass is 79.9. The molecule has 0 unspecified atom stereocenters. The Hall–Kier alpha value is -0.555. The molecule has 3 fully saturated rings. The molecule has 3 N–H and O–H groups in total. The highest BCUT2D eigenvalue weighted by Gasteiger charge is 2.48. The van der Waals surface area contributed by atoms with Crippen molar-refractivity contribution in [3.05, 3.63) is 35.4 Å². The van der Waals surface area contributed by atoms with Crippen LogP contribution in [0.25, 0.3) is 0 Å². The molecular weight excluding hydrogens is 416 g/mol. The summed E-state index contributed by atoms with van der Waals surface area (Å²) in [5.74, 6) is -0.930. The van der Waals surface area contributed by atoms with E-state index in [2.05, 4.69) is 33.4 Å². The van der Waals surface area contributed by atoms with Crippen LogP contribution in [0.5, 0.6) is 0 Å². The quantitative estimate of drug-likeness (QED) is 0.447. The third-order valence-electron chi connectivity index (χ3n) is 6.24. The molecule has 3 aliphatic carbocycles. The zero-order valence-electron chi connectivity index (χ0n) is 14.9. The van der Waals surface area contributed by atoms with Gasteiger partial charge in [-0.15, -0.1) is 11.6 Å². The first-order chi connectivity index (χ1) is 12.4. The van der Waals surface area contributed by atoms with Gasteiger partial charge in [-0.25, -0.2) is 0 Å². The standard InChI is InChI=1S/C19H26BBrClNO3/c21-13-1-2-16(20(25)26)23-17(24)14-3-5-15(6-4-14)18-7-10-19(22,11-8-18)12-9-18/h3-6,16,25-26H,1-2,7-13H2,(H,23,24)/t16-,18?,19?/m0/s1. The van der Waals surface area contributed by atoms with E-state index in [1.54, 1.807) is 0 Å². The molecule has 1 aromatic rings. The fourth-order valence-electron chi connectivity index (χ4n) is 4.39. The predicted molar refractivity (Wildman–Crippen MR) is 109 cm³/mol. The summed E-state index contributed by atoms with van der Waals surface area (Å²) in [4.78, 5) is 12.5. The number of fused-ring (bicyclic) bond motifs is 3. The topological polar surface area (TPSA) is 69.6 Å². The van der Waals surface area contributed by atoms with Crippen LogP contribution in [-0.2, 0) is 5.41 Å². The fraction of sp³-hybridized carbons (Fsp3) is 0.632. The molecule has 0 aliphatic heterocycles. The van der Waals surface area contributed by atoms with Gasteiger partial charge in [-0.05, 0) is 74.5 Å². The molecule has 7 heteroatoms. The minimum absolute atomic E-state index is 0.0247. The summed E-state index contributed by atoms with van der Waals surface area (Å²) in [5.41, 5.74) is 2.06. The lowest BCUT2D eigenvalue weighted by atomic mass is 9.57. The van der Waals surface area contributed by atoms with Crippen molar-refractivity contribution in [2.24, 2.45) is 0 Å². The van der Waals surface area contributed by atoms with Crippen LogP contribution in [0.4, 0.5) is 0 Å². The normalized spacial score (nSPS) is 28.6. The van der Waals surface area contributed by atoms with Crippen LogP contribution in [0.15, 0.2) is 24.3 Å². The largest absolute Gasteiger partial charge is 0.475 e. The van der Waals surface area contributed by atoms with E-state index in [4.69, 9.17) is 11.6 Å². The Morgan fingerprint density at radius 1 is 1.15 bits per heavy atom. The predicted octanol–water partition coefficient (Wildman–Crippen LogP) is 3.56. The molecule has 1 aromatic carbocycles. The third kappa shape index (κ3) is 4.29. The Kier molecular flexibility index (Phi) is 6.38. The van der Waals surface area contributed by atoms with Gasteiger partial charge >= 0.3 is 7.12 Å². The molecule has 0 saturated heterocycles. The van der Waals surface area contributed by atoms with Gasteiger partial charge in [0.05, 0.1) is 5.94 Å². The first-order valence-electron chi connectivity index (χ1n) is 9.40. The molecule has 0 heterocycles. The molecule has 26 heavy (non-hydrogen) atoms. The molecule has 1 atom stereocenters. The molecule has 2 bridgehead atoms. The van der Waals surface area contributed by atoms with Crippen LogP contribution < -0.4 is 5.32 Å². The average molecular weight is 443 g/mol. The number of hydrogen-bond acceptors (Lipinski definition) is 3. The minimum Gasteiger partial charge on any atom is -0.426 e. The van der Waals surface area contributed by atoms with Crippen LogP contribution in [0.3, 0.4) is 0 Å². The molecule has 3 aliphatic rings. The lowest BCUT2D eigenvalue weighted by molar-refractivity contribution is 0.0940. The summed E-state index contributed by atoms with van der Waals surface area (Å²) in [6, 6.07) is 7.82. The van der Waals surface area contributed by atoms with Crippen molar-refractivity contribution in [3.63, 3.8) is 0 Å². The van der Waals surface area contributed by atoms with E-state index < -0.39 is 13.1 Å². The molecule has 4 rings (SSSR count). The van der Waals surface area contributed by atoms with Gasteiger partial charge in [-0.2, -0.15) is 0 Å². The van der Waals surface area contributed by atoms with E-state index >= 15 is 0 Å². The number of amides is 1. The summed E-state index contributed by atoms with van der Waals surface area (Å²) in [5, 5.41) is 22.4. The van der Waals surface area contributed by atoms with Gasteiger partial charge in [0.25, 0.3) is 5.91 Å². The van der Waals surface area contributed by atoms with Gasteiger partial charge in [0.1, 0.15) is 0 Å². The number of carbonyl (C=O) groups is 1. The Morgan fingerprint density at radius 3 is 2.23 bits per heavy atom. The Bertz CT molecular complexity index is 616. The Balaban J connectivity index is 1.66. The lowest BCUT2D eigenvalue weighted by Gasteiger charge is -2.51. The van der Waals surface area contributed by atoms with Crippen LogP contribution in [-0.4, -0.2) is 39.2 Å². The van der Waals surface area contributed by atoms with Crippen molar-refractivity contribution in [1.29, 1.82) is 0 Å². The van der Waals surface area contributed by atoms with E-state index in [1.165, 1.54) is 5.56 Å². The van der Waals surface area contributed by atoms with Crippen LogP contribution in [0.2, 0.25) is 0 Å². The van der Waals surface area contributed by atoms with Gasteiger partial charge in [0.2, 0.25) is 0 Å². The van der Waals surface area contributed by atoms with Crippen LogP contribution in [0, 0.1) is 0 Å². The highest BCUT2D eigenvalue weighted by molar-refractivity contribution is 9.09. The molecule has 142 valence electrons. The van der Waals surface area contributed by atoms with E-state index in [1.807, 2.05) is 12.1 Å². The Labute approximate surface area is 169 Å². The second-order valence-corrected chi connectivity index (χ2v) is 9.43. The van der Waals surface area contributed by atoms with E-state index in [0.29, 0.717) is 12.0 Å². The first kappa shape index (κ1) is 20.2. The van der Waals surface area contributed by atoms with Gasteiger partial charge in [0.15, 0.2) is 0 Å². The second-order valence-electron chi connectivity index (χ2n) is 7.83. The maximum absolute atomic E-state index is 12.4. The summed E-state index contributed by atoms with van der Waals surface area (Å²) < 4.78 is 0. The number of alkyl halides is 2. The van der Waals surface area contributed by atoms with E-state index in [-0.39, 0.29) is 16.2 Å². The average Bonchev–Trinajstić information content (AvgIpc) is 2.66. The van der Waals surface area contributed by atoms with Crippen molar-refractivity contribution < 1.29 is 14.8 Å². The lowest BCUT2D eigenvalue weighted by Crippen LogP contribution is -2.46. The van der Waals surface area contributed by atoms with Crippen molar-refractivity contribution in [3.8, 4) is 0 Å². The number of nitrogens with one attached hydrogen (secondary N) is 1. The zero-order chi connectivity index (χ0) is 18.8. The maximum Gasteiger partial charge on any atom is 0.475 e. The number of halogens is 2. The summed E-state index contributed by atoms with van der Waals surface area (Å²) in [6.45, 7) is 0. The van der Waals surface area contributed by atoms with Crippen molar-refractivity contribution in [2.45, 2.75) is 67.6 Å². The van der Waals surface area contributed by atoms with Crippen molar-refractivity contribution in [2.75, 3.05) is 5.33 Å². The smallest absolute Gasteiger partial charge is 0.426 e. The number of benzene rings is 1. The summed E-state index contributed by atoms with van der Waals surface area (Å²) >= 11 is 9.95. The molecule has 1 amide bonds. The van der Waals surface area contributed by atoms with Crippen molar-refractivity contribution >= 4 is 40.6 Å². The molecule has 0 radical (unpaired) electrons. The van der Waals surface area contributed by atoms with Gasteiger partial charge in [-0.3, -0.25) is 4.79 Å². The zero-order valence-corrected chi connectivity index (χ0v) is 17.2. The molecule has 0 spiro atoms. The number of hydrogen-bond donors (Lipinski definition) is 3. The minimum atomic E-state index is -1.56. The second kappa shape index (κ2) is 8.21. The van der Waals surface area contributed by atoms with Gasteiger partial charge in [-0.1, -0.05) is 28.1 Å². The Morgan fingerprint density at radius 2 is 1.73 bits per heavy atom. The summed E-state index contributed by atoms with van der Waals surface area (Å²) in [6.07, 6.45) is 7.83. The van der Waals surface area contributed by atoms with E-state index in [9.17, 15) is 14.8 Å². The van der Waals surface area contributed by atoms with Crippen molar-refractivity contribution in [1.82, 2.24) is 5.32 Å². The number of rotatable bonds is 7.